The minimum Gasteiger partial charge on any atom is -0.361 e. The number of amides is 1. The fraction of sp³-hybridized carbons (Fsp3) is 0.375. The summed E-state index contributed by atoms with van der Waals surface area (Å²) in [4.78, 5) is 18.6. The van der Waals surface area contributed by atoms with Crippen molar-refractivity contribution in [2.24, 2.45) is 0 Å². The average molecular weight is 376 g/mol. The van der Waals surface area contributed by atoms with E-state index in [1.54, 1.807) is 0 Å². The number of aromatic amines is 1. The van der Waals surface area contributed by atoms with Gasteiger partial charge < -0.3 is 15.2 Å². The van der Waals surface area contributed by atoms with Crippen molar-refractivity contribution in [3.63, 3.8) is 0 Å². The molecule has 2 aromatic carbocycles. The molecule has 1 amide bonds. The molecule has 1 atom stereocenters. The number of fused-ring (bicyclic) bond motifs is 1. The van der Waals surface area contributed by atoms with Crippen LogP contribution >= 0.6 is 0 Å². The van der Waals surface area contributed by atoms with Gasteiger partial charge in [-0.05, 0) is 50.0 Å². The van der Waals surface area contributed by atoms with E-state index in [2.05, 4.69) is 70.8 Å². The van der Waals surface area contributed by atoms with E-state index in [9.17, 15) is 4.79 Å². The second kappa shape index (κ2) is 8.61. The SMILES string of the molecule is Cc1cccc(C(CC(=O)NCCN2CCCC2)c2c[nH]c3ccccc23)c1. The van der Waals surface area contributed by atoms with Gasteiger partial charge in [0.15, 0.2) is 0 Å². The number of hydrogen-bond acceptors (Lipinski definition) is 2. The molecular formula is C24H29N3O. The van der Waals surface area contributed by atoms with Crippen LogP contribution in [-0.4, -0.2) is 42.0 Å². The van der Waals surface area contributed by atoms with Crippen LogP contribution in [0.25, 0.3) is 10.9 Å². The van der Waals surface area contributed by atoms with Gasteiger partial charge in [-0.25, -0.2) is 0 Å². The number of likely N-dealkylation sites (tertiary alicyclic amines) is 1. The van der Waals surface area contributed by atoms with E-state index in [1.807, 2.05) is 6.07 Å². The summed E-state index contributed by atoms with van der Waals surface area (Å²) in [6, 6.07) is 16.8. The zero-order valence-electron chi connectivity index (χ0n) is 16.6. The lowest BCUT2D eigenvalue weighted by Gasteiger charge is -2.19. The van der Waals surface area contributed by atoms with Crippen molar-refractivity contribution in [2.45, 2.75) is 32.1 Å². The number of hydrogen-bond donors (Lipinski definition) is 2. The lowest BCUT2D eigenvalue weighted by Crippen LogP contribution is -2.34. The molecule has 0 spiro atoms. The molecule has 0 radical (unpaired) electrons. The van der Waals surface area contributed by atoms with Crippen LogP contribution < -0.4 is 5.32 Å². The van der Waals surface area contributed by atoms with E-state index in [4.69, 9.17) is 0 Å². The predicted octanol–water partition coefficient (Wildman–Crippen LogP) is 4.21. The summed E-state index contributed by atoms with van der Waals surface area (Å²) in [6.45, 7) is 6.11. The van der Waals surface area contributed by atoms with E-state index >= 15 is 0 Å². The largest absolute Gasteiger partial charge is 0.361 e. The number of aryl methyl sites for hydroxylation is 1. The molecule has 1 saturated heterocycles. The number of para-hydroxylation sites is 1. The number of carbonyl (C=O) groups is 1. The fourth-order valence-electron chi connectivity index (χ4n) is 4.29. The molecule has 28 heavy (non-hydrogen) atoms. The number of aromatic nitrogens is 1. The van der Waals surface area contributed by atoms with E-state index in [-0.39, 0.29) is 11.8 Å². The maximum atomic E-state index is 12.8. The van der Waals surface area contributed by atoms with Gasteiger partial charge in [0.1, 0.15) is 0 Å². The molecule has 3 aromatic rings. The van der Waals surface area contributed by atoms with Crippen LogP contribution in [0.5, 0.6) is 0 Å². The van der Waals surface area contributed by atoms with Crippen molar-refractivity contribution in [1.82, 2.24) is 15.2 Å². The summed E-state index contributed by atoms with van der Waals surface area (Å²) >= 11 is 0. The number of benzene rings is 2. The van der Waals surface area contributed by atoms with Gasteiger partial charge in [0.25, 0.3) is 0 Å². The van der Waals surface area contributed by atoms with Gasteiger partial charge >= 0.3 is 0 Å². The van der Waals surface area contributed by atoms with Crippen molar-refractivity contribution in [1.29, 1.82) is 0 Å². The molecule has 0 aliphatic carbocycles. The second-order valence-corrected chi connectivity index (χ2v) is 7.86. The van der Waals surface area contributed by atoms with Crippen LogP contribution in [0.2, 0.25) is 0 Å². The third-order valence-corrected chi connectivity index (χ3v) is 5.78. The summed E-state index contributed by atoms with van der Waals surface area (Å²) in [5, 5.41) is 4.34. The Bertz CT molecular complexity index is 940. The summed E-state index contributed by atoms with van der Waals surface area (Å²) in [6.07, 6.45) is 5.09. The van der Waals surface area contributed by atoms with Crippen LogP contribution in [0.4, 0.5) is 0 Å². The lowest BCUT2D eigenvalue weighted by molar-refractivity contribution is -0.121. The highest BCUT2D eigenvalue weighted by Gasteiger charge is 2.21. The van der Waals surface area contributed by atoms with E-state index in [1.165, 1.54) is 34.9 Å². The molecule has 0 saturated carbocycles. The van der Waals surface area contributed by atoms with Crippen molar-refractivity contribution >= 4 is 16.8 Å². The third-order valence-electron chi connectivity index (χ3n) is 5.78. The zero-order chi connectivity index (χ0) is 19.3. The first-order chi connectivity index (χ1) is 13.7. The van der Waals surface area contributed by atoms with Gasteiger partial charge in [0, 0.05) is 42.5 Å². The van der Waals surface area contributed by atoms with Crippen molar-refractivity contribution < 1.29 is 4.79 Å². The molecular weight excluding hydrogens is 346 g/mol. The zero-order valence-corrected chi connectivity index (χ0v) is 16.6. The Balaban J connectivity index is 1.52. The van der Waals surface area contributed by atoms with Crippen molar-refractivity contribution in [3.8, 4) is 0 Å². The molecule has 4 nitrogen and oxygen atoms in total. The van der Waals surface area contributed by atoms with Crippen LogP contribution in [0.3, 0.4) is 0 Å². The van der Waals surface area contributed by atoms with Gasteiger partial charge in [0.05, 0.1) is 0 Å². The minimum atomic E-state index is 0.0443. The molecule has 1 unspecified atom stereocenters. The first-order valence-electron chi connectivity index (χ1n) is 10.3. The number of H-pyrrole nitrogens is 1. The Morgan fingerprint density at radius 1 is 1.14 bits per heavy atom. The van der Waals surface area contributed by atoms with Gasteiger partial charge in [-0.3, -0.25) is 4.79 Å². The second-order valence-electron chi connectivity index (χ2n) is 7.86. The average Bonchev–Trinajstić information content (AvgIpc) is 3.36. The first kappa shape index (κ1) is 18.8. The van der Waals surface area contributed by atoms with E-state index in [0.29, 0.717) is 6.42 Å². The number of nitrogens with zero attached hydrogens (tertiary/aromatic N) is 1. The smallest absolute Gasteiger partial charge is 0.220 e. The Morgan fingerprint density at radius 3 is 2.79 bits per heavy atom. The molecule has 2 heterocycles. The summed E-state index contributed by atoms with van der Waals surface area (Å²) in [7, 11) is 0. The first-order valence-corrected chi connectivity index (χ1v) is 10.3. The lowest BCUT2D eigenvalue weighted by atomic mass is 9.87. The third kappa shape index (κ3) is 4.28. The Morgan fingerprint density at radius 2 is 1.96 bits per heavy atom. The van der Waals surface area contributed by atoms with Gasteiger partial charge in [-0.2, -0.15) is 0 Å². The highest BCUT2D eigenvalue weighted by atomic mass is 16.1. The van der Waals surface area contributed by atoms with Crippen LogP contribution in [0, 0.1) is 6.92 Å². The van der Waals surface area contributed by atoms with Gasteiger partial charge in [-0.15, -0.1) is 0 Å². The molecule has 1 aliphatic heterocycles. The van der Waals surface area contributed by atoms with Crippen LogP contribution in [0.15, 0.2) is 54.7 Å². The Hall–Kier alpha value is -2.59. The Kier molecular flexibility index (Phi) is 5.77. The fourth-order valence-corrected chi connectivity index (χ4v) is 4.29. The molecule has 4 heteroatoms. The highest BCUT2D eigenvalue weighted by Crippen LogP contribution is 2.33. The number of carbonyl (C=O) groups excluding carboxylic acids is 1. The maximum absolute atomic E-state index is 12.8. The van der Waals surface area contributed by atoms with Gasteiger partial charge in [-0.1, -0.05) is 48.0 Å². The van der Waals surface area contributed by atoms with Crippen LogP contribution in [-0.2, 0) is 4.79 Å². The monoisotopic (exact) mass is 375 g/mol. The molecule has 1 aromatic heterocycles. The molecule has 1 aliphatic rings. The minimum absolute atomic E-state index is 0.0443. The van der Waals surface area contributed by atoms with Crippen LogP contribution in [0.1, 0.15) is 41.9 Å². The molecule has 2 N–H and O–H groups in total. The molecule has 0 bridgehead atoms. The normalized spacial score (nSPS) is 15.8. The predicted molar refractivity (Wildman–Crippen MR) is 115 cm³/mol. The molecule has 1 fully saturated rings. The van der Waals surface area contributed by atoms with Crippen molar-refractivity contribution in [2.75, 3.05) is 26.2 Å². The Labute approximate surface area is 166 Å². The highest BCUT2D eigenvalue weighted by molar-refractivity contribution is 5.86. The standard InChI is InChI=1S/C24H29N3O/c1-18-7-6-8-19(15-18)21(22-17-26-23-10-3-2-9-20(22)23)16-24(28)25-11-14-27-12-4-5-13-27/h2-3,6-10,15,17,21,26H,4-5,11-14,16H2,1H3,(H,25,28). The maximum Gasteiger partial charge on any atom is 0.220 e. The molecule has 146 valence electrons. The topological polar surface area (TPSA) is 48.1 Å². The number of rotatable bonds is 7. The van der Waals surface area contributed by atoms with Gasteiger partial charge in [0.2, 0.25) is 5.91 Å². The summed E-state index contributed by atoms with van der Waals surface area (Å²) in [5.74, 6) is 0.166. The molecule has 4 rings (SSSR count). The van der Waals surface area contributed by atoms with Crippen molar-refractivity contribution in [3.05, 3.63) is 71.4 Å². The van der Waals surface area contributed by atoms with E-state index < -0.39 is 0 Å². The quantitative estimate of drug-likeness (QED) is 0.650. The van der Waals surface area contributed by atoms with E-state index in [0.717, 1.165) is 31.7 Å². The summed E-state index contributed by atoms with van der Waals surface area (Å²) in [5.41, 5.74) is 4.72. The summed E-state index contributed by atoms with van der Waals surface area (Å²) < 4.78 is 0. The number of nitrogens with one attached hydrogen (secondary N) is 2.